The number of nitrogens with one attached hydrogen (secondary N) is 1. The van der Waals surface area contributed by atoms with E-state index in [1.807, 2.05) is 6.07 Å². The maximum atomic E-state index is 14.9. The lowest BCUT2D eigenvalue weighted by Gasteiger charge is -2.56. The fourth-order valence-corrected chi connectivity index (χ4v) is 6.79. The van der Waals surface area contributed by atoms with Crippen LogP contribution >= 0.6 is 11.3 Å². The average molecular weight is 553 g/mol. The largest absolute Gasteiger partial charge is 0.381 e. The van der Waals surface area contributed by atoms with Crippen molar-refractivity contribution in [1.29, 1.82) is 0 Å². The second-order valence-corrected chi connectivity index (χ2v) is 11.7. The number of hydrogen-bond donors (Lipinski definition) is 1. The molecule has 3 aromatic rings. The molecule has 1 aliphatic carbocycles. The van der Waals surface area contributed by atoms with Crippen LogP contribution in [0.1, 0.15) is 30.4 Å². The normalized spacial score (nSPS) is 16.6. The van der Waals surface area contributed by atoms with Crippen molar-refractivity contribution in [3.05, 3.63) is 69.8 Å². The first-order valence-corrected chi connectivity index (χ1v) is 13.9. The molecular weight excluding hydrogens is 529 g/mol. The highest BCUT2D eigenvalue weighted by Gasteiger charge is 2.46. The number of carbonyl (C=O) groups excluding carboxylic acids is 1. The smallest absolute Gasteiger partial charge is 0.322 e. The predicted octanol–water partition coefficient (Wildman–Crippen LogP) is 4.44. The van der Waals surface area contributed by atoms with Gasteiger partial charge in [0.25, 0.3) is 0 Å². The number of carbonyl (C=O) groups is 1. The molecule has 1 saturated carbocycles. The second kappa shape index (κ2) is 9.95. The first-order chi connectivity index (χ1) is 17.7. The summed E-state index contributed by atoms with van der Waals surface area (Å²) in [5.74, 6) is -3.63. The van der Waals surface area contributed by atoms with Gasteiger partial charge in [-0.3, -0.25) is 9.69 Å². The van der Waals surface area contributed by atoms with Crippen molar-refractivity contribution in [1.82, 2.24) is 9.88 Å². The Bertz CT molecular complexity index is 1380. The summed E-state index contributed by atoms with van der Waals surface area (Å²) in [6.45, 7) is 2.27. The third-order valence-electron chi connectivity index (χ3n) is 6.83. The third-order valence-corrected chi connectivity index (χ3v) is 9.02. The molecule has 5 rings (SSSR count). The summed E-state index contributed by atoms with van der Waals surface area (Å²) in [5.41, 5.74) is 2.73. The highest BCUT2D eigenvalue weighted by molar-refractivity contribution is 7.92. The van der Waals surface area contributed by atoms with E-state index in [0.717, 1.165) is 42.1 Å². The monoisotopic (exact) mass is 552 g/mol. The van der Waals surface area contributed by atoms with Crippen LogP contribution in [0.3, 0.4) is 0 Å². The fraction of sp³-hybridized carbons (Fsp3) is 0.333. The SMILES string of the molecule is O=CON(c1cscn1)S(=O)(=O)c1c(F)cc(NCc2c(F)cccc2CN2CC3(CCC3)C2)cc1F. The number of rotatable bonds is 10. The van der Waals surface area contributed by atoms with E-state index in [1.165, 1.54) is 36.2 Å². The number of benzene rings is 2. The van der Waals surface area contributed by atoms with Crippen LogP contribution in [-0.4, -0.2) is 37.9 Å². The van der Waals surface area contributed by atoms with Gasteiger partial charge in [0.05, 0.1) is 5.51 Å². The Morgan fingerprint density at radius 2 is 1.89 bits per heavy atom. The number of thiazole rings is 1. The Morgan fingerprint density at radius 3 is 2.49 bits per heavy atom. The molecule has 1 aliphatic heterocycles. The molecule has 0 bridgehead atoms. The number of aromatic nitrogens is 1. The second-order valence-electron chi connectivity index (χ2n) is 9.28. The van der Waals surface area contributed by atoms with Gasteiger partial charge in [-0.2, -0.15) is 8.42 Å². The highest BCUT2D eigenvalue weighted by atomic mass is 32.2. The zero-order valence-electron chi connectivity index (χ0n) is 19.5. The standard InChI is InChI=1S/C24H23F3N4O4S2/c25-19-4-1-3-16(10-30-12-24(13-30)5-2-6-24)18(19)9-28-17-7-20(26)23(21(27)8-17)37(33,34)31(35-15-32)22-11-36-14-29-22/h1,3-4,7-8,11,14-15,28H,2,5-6,9-10,12-13H2. The molecule has 0 unspecified atom stereocenters. The van der Waals surface area contributed by atoms with Crippen molar-refractivity contribution >= 4 is 39.3 Å². The maximum absolute atomic E-state index is 14.9. The topological polar surface area (TPSA) is 91.8 Å². The lowest BCUT2D eigenvalue weighted by molar-refractivity contribution is -0.128. The van der Waals surface area contributed by atoms with E-state index >= 15 is 0 Å². The van der Waals surface area contributed by atoms with Crippen LogP contribution in [0.2, 0.25) is 0 Å². The summed E-state index contributed by atoms with van der Waals surface area (Å²) in [7, 11) is -4.98. The Labute approximate surface area is 215 Å². The fourth-order valence-electron chi connectivity index (χ4n) is 4.95. The van der Waals surface area contributed by atoms with Gasteiger partial charge in [0.2, 0.25) is 0 Å². The molecule has 0 radical (unpaired) electrons. The number of likely N-dealkylation sites (tertiary alicyclic amines) is 1. The maximum Gasteiger partial charge on any atom is 0.322 e. The Kier molecular flexibility index (Phi) is 6.86. The zero-order valence-corrected chi connectivity index (χ0v) is 21.1. The molecule has 2 heterocycles. The number of anilines is 2. The molecule has 13 heteroatoms. The highest BCUT2D eigenvalue weighted by Crippen LogP contribution is 2.48. The quantitative estimate of drug-likeness (QED) is 0.294. The average Bonchev–Trinajstić information content (AvgIpc) is 3.31. The molecule has 2 aromatic carbocycles. The molecule has 1 aromatic heterocycles. The molecule has 1 N–H and O–H groups in total. The van der Waals surface area contributed by atoms with Crippen molar-refractivity contribution in [2.24, 2.45) is 5.41 Å². The molecule has 2 aliphatic rings. The Hall–Kier alpha value is -3.16. The summed E-state index contributed by atoms with van der Waals surface area (Å²) in [6.07, 6.45) is 3.71. The van der Waals surface area contributed by atoms with Gasteiger partial charge in [-0.1, -0.05) is 23.0 Å². The lowest BCUT2D eigenvalue weighted by Crippen LogP contribution is -2.59. The van der Waals surface area contributed by atoms with E-state index in [0.29, 0.717) is 17.5 Å². The molecule has 2 fully saturated rings. The van der Waals surface area contributed by atoms with E-state index in [4.69, 9.17) is 0 Å². The van der Waals surface area contributed by atoms with Crippen LogP contribution in [0.15, 0.2) is 46.1 Å². The van der Waals surface area contributed by atoms with Crippen LogP contribution in [0.5, 0.6) is 0 Å². The summed E-state index contributed by atoms with van der Waals surface area (Å²) in [5, 5.41) is 4.01. The van der Waals surface area contributed by atoms with Crippen LogP contribution in [-0.2, 0) is 32.7 Å². The van der Waals surface area contributed by atoms with Crippen LogP contribution in [0.4, 0.5) is 24.7 Å². The van der Waals surface area contributed by atoms with Gasteiger partial charge in [-0.15, -0.1) is 11.3 Å². The van der Waals surface area contributed by atoms with Crippen molar-refractivity contribution < 1.29 is 31.2 Å². The van der Waals surface area contributed by atoms with Gasteiger partial charge >= 0.3 is 16.5 Å². The number of halogens is 3. The molecule has 1 spiro atoms. The van der Waals surface area contributed by atoms with Crippen molar-refractivity contribution in [3.63, 3.8) is 0 Å². The van der Waals surface area contributed by atoms with Gasteiger partial charge in [0.1, 0.15) is 17.5 Å². The number of sulfonamides is 1. The third kappa shape index (κ3) is 4.90. The summed E-state index contributed by atoms with van der Waals surface area (Å²) < 4.78 is 70.4. The van der Waals surface area contributed by atoms with Gasteiger partial charge in [-0.25, -0.2) is 18.2 Å². The van der Waals surface area contributed by atoms with Gasteiger partial charge in [0.15, 0.2) is 10.7 Å². The minimum Gasteiger partial charge on any atom is -0.381 e. The molecule has 196 valence electrons. The van der Waals surface area contributed by atoms with E-state index in [2.05, 4.69) is 20.0 Å². The summed E-state index contributed by atoms with van der Waals surface area (Å²) in [4.78, 5) is 20.0. The van der Waals surface area contributed by atoms with Crippen molar-refractivity contribution in [2.75, 3.05) is 22.9 Å². The minimum absolute atomic E-state index is 0.0419. The molecule has 8 nitrogen and oxygen atoms in total. The number of hydrogen-bond acceptors (Lipinski definition) is 8. The van der Waals surface area contributed by atoms with Crippen molar-refractivity contribution in [2.45, 2.75) is 37.2 Å². The van der Waals surface area contributed by atoms with Gasteiger partial charge in [-0.05, 0) is 42.0 Å². The van der Waals surface area contributed by atoms with Crippen LogP contribution < -0.4 is 9.79 Å². The molecule has 0 atom stereocenters. The van der Waals surface area contributed by atoms with Gasteiger partial charge in [0, 0.05) is 42.8 Å². The van der Waals surface area contributed by atoms with E-state index in [9.17, 15) is 26.4 Å². The lowest BCUT2D eigenvalue weighted by atomic mass is 9.63. The van der Waals surface area contributed by atoms with Crippen LogP contribution in [0.25, 0.3) is 0 Å². The number of nitrogens with zero attached hydrogens (tertiary/aromatic N) is 3. The molecular formula is C24H23F3N4O4S2. The summed E-state index contributed by atoms with van der Waals surface area (Å²) >= 11 is 0.991. The van der Waals surface area contributed by atoms with Gasteiger partial charge < -0.3 is 10.2 Å². The molecule has 37 heavy (non-hydrogen) atoms. The van der Waals surface area contributed by atoms with E-state index in [1.54, 1.807) is 6.07 Å². The first-order valence-electron chi connectivity index (χ1n) is 11.5. The van der Waals surface area contributed by atoms with Crippen molar-refractivity contribution in [3.8, 4) is 0 Å². The summed E-state index contributed by atoms with van der Waals surface area (Å²) in [6, 6.07) is 6.34. The minimum atomic E-state index is -4.98. The van der Waals surface area contributed by atoms with E-state index < -0.39 is 32.4 Å². The van der Waals surface area contributed by atoms with E-state index in [-0.39, 0.29) is 29.0 Å². The molecule has 1 saturated heterocycles. The first kappa shape index (κ1) is 25.5. The van der Waals surface area contributed by atoms with Crippen LogP contribution in [0, 0.1) is 22.9 Å². The predicted molar refractivity (Wildman–Crippen MR) is 131 cm³/mol. The zero-order chi connectivity index (χ0) is 26.2. The Balaban J connectivity index is 1.34. The Morgan fingerprint density at radius 1 is 1.16 bits per heavy atom. The molecule has 0 amide bonds.